The normalized spacial score (nSPS) is 13.6. The van der Waals surface area contributed by atoms with E-state index in [1.165, 1.54) is 11.3 Å². The predicted molar refractivity (Wildman–Crippen MR) is 118 cm³/mol. The lowest BCUT2D eigenvalue weighted by Crippen LogP contribution is -2.25. The second-order valence-corrected chi connectivity index (χ2v) is 7.22. The number of carbonyl (C=O) groups is 1. The van der Waals surface area contributed by atoms with E-state index in [1.807, 2.05) is 47.8 Å². The highest BCUT2D eigenvalue weighted by atomic mass is 32.1. The largest absolute Gasteiger partial charge is 0.496 e. The second-order valence-electron chi connectivity index (χ2n) is 6.38. The van der Waals surface area contributed by atoms with Crippen LogP contribution in [0.5, 0.6) is 11.5 Å². The molecule has 0 saturated carbocycles. The van der Waals surface area contributed by atoms with E-state index in [9.17, 15) is 4.79 Å². The third-order valence-corrected chi connectivity index (χ3v) is 5.25. The van der Waals surface area contributed by atoms with E-state index >= 15 is 0 Å². The van der Waals surface area contributed by atoms with Gasteiger partial charge in [0.25, 0.3) is 5.91 Å². The minimum Gasteiger partial charge on any atom is -0.496 e. The molecule has 8 heteroatoms. The number of aromatic nitrogens is 1. The number of hydrogen-bond donors (Lipinski definition) is 1. The number of hydrogen-bond acceptors (Lipinski definition) is 6. The van der Waals surface area contributed by atoms with Crippen LogP contribution < -0.4 is 19.6 Å². The summed E-state index contributed by atoms with van der Waals surface area (Å²) in [7, 11) is 1.63. The average Bonchev–Trinajstić information content (AvgIpc) is 3.18. The number of nitrogens with one attached hydrogen (secondary N) is 1. The van der Waals surface area contributed by atoms with Crippen molar-refractivity contribution in [1.29, 1.82) is 0 Å². The van der Waals surface area contributed by atoms with Gasteiger partial charge < -0.3 is 14.8 Å². The maximum absolute atomic E-state index is 11.7. The topological polar surface area (TPSA) is 77.2 Å². The highest BCUT2D eigenvalue weighted by Crippen LogP contribution is 2.32. The lowest BCUT2D eigenvalue weighted by atomic mass is 10.1. The molecule has 0 spiro atoms. The summed E-state index contributed by atoms with van der Waals surface area (Å²) in [5.74, 6) is 1.21. The van der Waals surface area contributed by atoms with Crippen molar-refractivity contribution >= 4 is 29.1 Å². The number of amides is 1. The van der Waals surface area contributed by atoms with Gasteiger partial charge in [-0.15, -0.1) is 17.9 Å². The molecule has 0 radical (unpaired) electrons. The van der Waals surface area contributed by atoms with E-state index in [4.69, 9.17) is 9.47 Å². The van der Waals surface area contributed by atoms with Gasteiger partial charge in [-0.05, 0) is 30.3 Å². The minimum absolute atomic E-state index is 0.0264. The van der Waals surface area contributed by atoms with Gasteiger partial charge in [0.2, 0.25) is 4.80 Å². The number of benzene rings is 2. The van der Waals surface area contributed by atoms with Crippen molar-refractivity contribution in [2.75, 3.05) is 25.6 Å². The monoisotopic (exact) mass is 420 g/mol. The molecule has 1 amide bonds. The molecule has 3 aromatic rings. The summed E-state index contributed by atoms with van der Waals surface area (Å²) >= 11 is 1.48. The van der Waals surface area contributed by atoms with Crippen LogP contribution in [0.3, 0.4) is 0 Å². The molecule has 4 rings (SSSR count). The number of para-hydroxylation sites is 1. The predicted octanol–water partition coefficient (Wildman–Crippen LogP) is 3.53. The zero-order chi connectivity index (χ0) is 20.9. The summed E-state index contributed by atoms with van der Waals surface area (Å²) < 4.78 is 12.6. The van der Waals surface area contributed by atoms with Crippen LogP contribution in [-0.4, -0.2) is 37.1 Å². The average molecular weight is 420 g/mol. The van der Waals surface area contributed by atoms with Crippen molar-refractivity contribution < 1.29 is 14.3 Å². The van der Waals surface area contributed by atoms with Crippen LogP contribution >= 0.6 is 11.3 Å². The van der Waals surface area contributed by atoms with E-state index in [0.717, 1.165) is 27.4 Å². The van der Waals surface area contributed by atoms with E-state index in [1.54, 1.807) is 24.1 Å². The molecule has 1 N–H and O–H groups in total. The van der Waals surface area contributed by atoms with Gasteiger partial charge in [0.1, 0.15) is 11.5 Å². The molecule has 30 heavy (non-hydrogen) atoms. The zero-order valence-corrected chi connectivity index (χ0v) is 17.2. The molecule has 0 saturated heterocycles. The summed E-state index contributed by atoms with van der Waals surface area (Å²) in [6.45, 7) is 4.25. The Kier molecular flexibility index (Phi) is 5.76. The Balaban J connectivity index is 1.79. The Morgan fingerprint density at radius 3 is 3.03 bits per heavy atom. The molecule has 152 valence electrons. The summed E-state index contributed by atoms with van der Waals surface area (Å²) in [4.78, 5) is 17.0. The smallest absolute Gasteiger partial charge is 0.262 e. The van der Waals surface area contributed by atoms with Crippen LogP contribution in [0.1, 0.15) is 5.56 Å². The molecule has 7 nitrogen and oxygen atoms in total. The molecule has 1 aliphatic rings. The minimum atomic E-state index is -0.172. The first kappa shape index (κ1) is 19.7. The molecule has 0 aliphatic carbocycles. The van der Waals surface area contributed by atoms with E-state index in [2.05, 4.69) is 22.0 Å². The fourth-order valence-electron chi connectivity index (χ4n) is 3.00. The lowest BCUT2D eigenvalue weighted by molar-refractivity contribution is -0.118. The fraction of sp³-hybridized carbons (Fsp3) is 0.136. The molecule has 2 aromatic carbocycles. The fourth-order valence-corrected chi connectivity index (χ4v) is 3.84. The molecule has 0 atom stereocenters. The van der Waals surface area contributed by atoms with E-state index in [-0.39, 0.29) is 12.5 Å². The number of methoxy groups -OCH3 is 1. The van der Waals surface area contributed by atoms with Crippen LogP contribution in [0.25, 0.3) is 11.3 Å². The van der Waals surface area contributed by atoms with Crippen molar-refractivity contribution in [3.8, 4) is 22.8 Å². The van der Waals surface area contributed by atoms with E-state index in [0.29, 0.717) is 18.0 Å². The molecule has 0 fully saturated rings. The van der Waals surface area contributed by atoms with Crippen LogP contribution in [0.2, 0.25) is 0 Å². The molecular weight excluding hydrogens is 400 g/mol. The van der Waals surface area contributed by atoms with Crippen LogP contribution in [-0.2, 0) is 4.79 Å². The Bertz CT molecular complexity index is 1190. The lowest BCUT2D eigenvalue weighted by Gasteiger charge is -2.18. The quantitative estimate of drug-likeness (QED) is 0.490. The number of nitrogens with zero attached hydrogens (tertiary/aromatic N) is 3. The first-order valence-corrected chi connectivity index (χ1v) is 10.1. The number of fused-ring (bicyclic) bond motifs is 1. The third-order valence-electron chi connectivity index (χ3n) is 4.40. The maximum atomic E-state index is 11.7. The van der Waals surface area contributed by atoms with Gasteiger partial charge in [-0.1, -0.05) is 18.2 Å². The molecule has 0 bridgehead atoms. The molecule has 2 heterocycles. The van der Waals surface area contributed by atoms with Gasteiger partial charge in [-0.25, -0.2) is 4.68 Å². The molecule has 1 aliphatic heterocycles. The van der Waals surface area contributed by atoms with Crippen molar-refractivity contribution in [2.24, 2.45) is 10.1 Å². The van der Waals surface area contributed by atoms with Crippen LogP contribution in [0, 0.1) is 0 Å². The summed E-state index contributed by atoms with van der Waals surface area (Å²) in [5.41, 5.74) is 3.22. The Morgan fingerprint density at radius 1 is 1.33 bits per heavy atom. The SMILES string of the molecule is C=CCN=c1scc(-c2ccc3c(c2)NC(=O)CO3)n1N=Cc1ccccc1OC. The van der Waals surface area contributed by atoms with Crippen molar-refractivity contribution in [3.05, 3.63) is 70.9 Å². The van der Waals surface area contributed by atoms with Gasteiger partial charge in [-0.2, -0.15) is 5.10 Å². The number of ether oxygens (including phenoxy) is 2. The molecular formula is C22H20N4O3S. The Morgan fingerprint density at radius 2 is 2.20 bits per heavy atom. The van der Waals surface area contributed by atoms with Crippen molar-refractivity contribution in [1.82, 2.24) is 4.68 Å². The summed E-state index contributed by atoms with van der Waals surface area (Å²) in [6.07, 6.45) is 3.48. The van der Waals surface area contributed by atoms with Gasteiger partial charge >= 0.3 is 0 Å². The van der Waals surface area contributed by atoms with Gasteiger partial charge in [0, 0.05) is 16.5 Å². The van der Waals surface area contributed by atoms with E-state index < -0.39 is 0 Å². The van der Waals surface area contributed by atoms with Crippen LogP contribution in [0.15, 0.2) is 70.6 Å². The van der Waals surface area contributed by atoms with Gasteiger partial charge in [-0.3, -0.25) is 9.79 Å². The highest BCUT2D eigenvalue weighted by molar-refractivity contribution is 7.07. The number of carbonyl (C=O) groups excluding carboxylic acids is 1. The highest BCUT2D eigenvalue weighted by Gasteiger charge is 2.17. The third kappa shape index (κ3) is 4.04. The van der Waals surface area contributed by atoms with Crippen molar-refractivity contribution in [3.63, 3.8) is 0 Å². The number of thiazole rings is 1. The maximum Gasteiger partial charge on any atom is 0.262 e. The van der Waals surface area contributed by atoms with Crippen molar-refractivity contribution in [2.45, 2.75) is 0 Å². The van der Waals surface area contributed by atoms with Gasteiger partial charge in [0.05, 0.1) is 31.3 Å². The number of rotatable bonds is 6. The molecule has 1 aromatic heterocycles. The summed E-state index contributed by atoms with van der Waals surface area (Å²) in [6, 6.07) is 13.3. The standard InChI is InChI=1S/C22H20N4O3S/c1-3-10-23-22-26(24-12-16-6-4-5-7-19(16)28-2)18(14-30-22)15-8-9-20-17(11-15)25-21(27)13-29-20/h3-9,11-12,14H,1,10,13H2,2H3,(H,25,27). The molecule has 0 unspecified atom stereocenters. The summed E-state index contributed by atoms with van der Waals surface area (Å²) in [5, 5.41) is 9.50. The second kappa shape index (κ2) is 8.79. The van der Waals surface area contributed by atoms with Gasteiger partial charge in [0.15, 0.2) is 6.61 Å². The Labute approximate surface area is 177 Å². The first-order chi connectivity index (χ1) is 14.7. The Hall–Kier alpha value is -3.65. The number of anilines is 1. The van der Waals surface area contributed by atoms with Crippen LogP contribution in [0.4, 0.5) is 5.69 Å². The first-order valence-electron chi connectivity index (χ1n) is 9.26. The zero-order valence-electron chi connectivity index (χ0n) is 16.4.